The van der Waals surface area contributed by atoms with Gasteiger partial charge in [0.2, 0.25) is 0 Å². The molecule has 2 aromatic heterocycles. The van der Waals surface area contributed by atoms with E-state index in [1.54, 1.807) is 18.2 Å². The van der Waals surface area contributed by atoms with Crippen molar-refractivity contribution in [1.29, 1.82) is 0 Å². The molecule has 0 aliphatic rings. The zero-order valence-electron chi connectivity index (χ0n) is 15.2. The predicted molar refractivity (Wildman–Crippen MR) is 97.4 cm³/mol. The molecule has 0 unspecified atom stereocenters. The average Bonchev–Trinajstić information content (AvgIpc) is 2.71. The van der Waals surface area contributed by atoms with Gasteiger partial charge in [0.05, 0.1) is 5.52 Å². The van der Waals surface area contributed by atoms with Crippen LogP contribution in [0.25, 0.3) is 33.2 Å². The molecule has 11 heteroatoms. The fourth-order valence-electron chi connectivity index (χ4n) is 3.19. The third-order valence-corrected chi connectivity index (χ3v) is 4.63. The van der Waals surface area contributed by atoms with Crippen molar-refractivity contribution in [2.45, 2.75) is 18.1 Å². The highest BCUT2D eigenvalue weighted by molar-refractivity contribution is 6.06. The average molecular weight is 439 g/mol. The monoisotopic (exact) mass is 439 g/mol. The van der Waals surface area contributed by atoms with Gasteiger partial charge in [-0.3, -0.25) is 4.98 Å². The maximum Gasteiger partial charge on any atom is 0.447 e. The Hall–Kier alpha value is -3.31. The van der Waals surface area contributed by atoms with Gasteiger partial charge in [0.25, 0.3) is 5.79 Å². The van der Waals surface area contributed by atoms with Gasteiger partial charge in [0.1, 0.15) is 5.52 Å². The van der Waals surface area contributed by atoms with Crippen LogP contribution in [0.15, 0.2) is 54.7 Å². The lowest BCUT2D eigenvalue weighted by Crippen LogP contribution is -2.42. The number of alkyl halides is 6. The number of aliphatic hydroxyl groups is 2. The standard InChI is InChI=1S/C20H11F6N3O2/c21-19(22,23)16-12-9-13(18(30,31)20(24,25)26)11-7-4-8-27-14(11)15(12)28-17(29-16)10-5-2-1-3-6-10/h1-9,30-31H. The molecule has 4 aromatic rings. The van der Waals surface area contributed by atoms with Crippen molar-refractivity contribution in [3.05, 3.63) is 66.0 Å². The molecule has 2 aromatic carbocycles. The minimum atomic E-state index is -5.59. The first-order valence-corrected chi connectivity index (χ1v) is 8.65. The molecule has 0 bridgehead atoms. The van der Waals surface area contributed by atoms with E-state index in [1.165, 1.54) is 18.2 Å². The maximum atomic E-state index is 13.8. The minimum Gasteiger partial charge on any atom is -0.355 e. The van der Waals surface area contributed by atoms with Gasteiger partial charge in [-0.2, -0.15) is 26.3 Å². The maximum absolute atomic E-state index is 13.8. The topological polar surface area (TPSA) is 79.1 Å². The van der Waals surface area contributed by atoms with Crippen LogP contribution in [-0.4, -0.2) is 31.3 Å². The Morgan fingerprint density at radius 2 is 1.42 bits per heavy atom. The summed E-state index contributed by atoms with van der Waals surface area (Å²) in [5, 5.41) is 18.3. The van der Waals surface area contributed by atoms with Crippen LogP contribution in [0, 0.1) is 0 Å². The largest absolute Gasteiger partial charge is 0.447 e. The van der Waals surface area contributed by atoms with Crippen molar-refractivity contribution in [3.63, 3.8) is 0 Å². The van der Waals surface area contributed by atoms with Crippen LogP contribution in [-0.2, 0) is 12.0 Å². The van der Waals surface area contributed by atoms with Crippen LogP contribution in [0.3, 0.4) is 0 Å². The molecule has 160 valence electrons. The van der Waals surface area contributed by atoms with Gasteiger partial charge in [-0.1, -0.05) is 36.4 Å². The van der Waals surface area contributed by atoms with E-state index in [9.17, 15) is 36.6 Å². The molecule has 0 radical (unpaired) electrons. The molecule has 0 saturated carbocycles. The first-order valence-electron chi connectivity index (χ1n) is 8.65. The summed E-state index contributed by atoms with van der Waals surface area (Å²) >= 11 is 0. The van der Waals surface area contributed by atoms with E-state index < -0.39 is 40.2 Å². The summed E-state index contributed by atoms with van der Waals surface area (Å²) in [5.41, 5.74) is -3.23. The Kier molecular flexibility index (Phi) is 4.63. The van der Waals surface area contributed by atoms with Crippen LogP contribution in [0.5, 0.6) is 0 Å². The number of aromatic nitrogens is 3. The van der Waals surface area contributed by atoms with E-state index in [0.29, 0.717) is 6.07 Å². The summed E-state index contributed by atoms with van der Waals surface area (Å²) in [5.74, 6) is -4.74. The molecule has 0 amide bonds. The first kappa shape index (κ1) is 20.9. The lowest BCUT2D eigenvalue weighted by atomic mass is 9.96. The van der Waals surface area contributed by atoms with Gasteiger partial charge >= 0.3 is 12.4 Å². The smallest absolute Gasteiger partial charge is 0.355 e. The molecule has 31 heavy (non-hydrogen) atoms. The van der Waals surface area contributed by atoms with Gasteiger partial charge in [0, 0.05) is 28.1 Å². The minimum absolute atomic E-state index is 0.247. The second-order valence-corrected chi connectivity index (χ2v) is 6.65. The van der Waals surface area contributed by atoms with Crippen molar-refractivity contribution in [2.75, 3.05) is 0 Å². The molecule has 2 heterocycles. The summed E-state index contributed by atoms with van der Waals surface area (Å²) in [6.07, 6.45) is -9.52. The summed E-state index contributed by atoms with van der Waals surface area (Å²) in [4.78, 5) is 11.5. The van der Waals surface area contributed by atoms with Crippen molar-refractivity contribution in [2.24, 2.45) is 0 Å². The van der Waals surface area contributed by atoms with Crippen molar-refractivity contribution in [1.82, 2.24) is 15.0 Å². The van der Waals surface area contributed by atoms with E-state index in [-0.39, 0.29) is 22.4 Å². The second-order valence-electron chi connectivity index (χ2n) is 6.65. The summed E-state index contributed by atoms with van der Waals surface area (Å²) in [6.45, 7) is 0. The lowest BCUT2D eigenvalue weighted by Gasteiger charge is -2.26. The molecule has 5 nitrogen and oxygen atoms in total. The third kappa shape index (κ3) is 3.45. The Labute approximate surface area is 169 Å². The number of pyridine rings is 1. The van der Waals surface area contributed by atoms with Gasteiger partial charge in [-0.25, -0.2) is 9.97 Å². The van der Waals surface area contributed by atoms with E-state index in [1.807, 2.05) is 0 Å². The molecule has 0 fully saturated rings. The number of hydrogen-bond donors (Lipinski definition) is 2. The number of nitrogens with zero attached hydrogens (tertiary/aromatic N) is 3. The van der Waals surface area contributed by atoms with E-state index >= 15 is 0 Å². The summed E-state index contributed by atoms with van der Waals surface area (Å²) in [7, 11) is 0. The van der Waals surface area contributed by atoms with E-state index in [0.717, 1.165) is 12.3 Å². The van der Waals surface area contributed by atoms with Gasteiger partial charge in [-0.05, 0) is 12.1 Å². The van der Waals surface area contributed by atoms with Crippen LogP contribution in [0.1, 0.15) is 11.3 Å². The highest BCUT2D eigenvalue weighted by atomic mass is 19.4. The van der Waals surface area contributed by atoms with Crippen LogP contribution < -0.4 is 0 Å². The van der Waals surface area contributed by atoms with Gasteiger partial charge in [-0.15, -0.1) is 0 Å². The highest BCUT2D eigenvalue weighted by Crippen LogP contribution is 2.43. The zero-order chi connectivity index (χ0) is 22.6. The van der Waals surface area contributed by atoms with Crippen LogP contribution in [0.4, 0.5) is 26.3 Å². The molecule has 0 aliphatic heterocycles. The zero-order valence-corrected chi connectivity index (χ0v) is 15.2. The molecule has 0 atom stereocenters. The number of halogens is 6. The Balaban J connectivity index is 2.19. The number of fused-ring (bicyclic) bond motifs is 3. The Morgan fingerprint density at radius 1 is 0.742 bits per heavy atom. The van der Waals surface area contributed by atoms with Crippen LogP contribution in [0.2, 0.25) is 0 Å². The molecule has 2 N–H and O–H groups in total. The molecule has 0 saturated heterocycles. The van der Waals surface area contributed by atoms with E-state index in [4.69, 9.17) is 0 Å². The van der Waals surface area contributed by atoms with Crippen molar-refractivity contribution in [3.8, 4) is 11.4 Å². The number of hydrogen-bond acceptors (Lipinski definition) is 5. The Bertz CT molecular complexity index is 1290. The van der Waals surface area contributed by atoms with Crippen LogP contribution >= 0.6 is 0 Å². The molecule has 0 spiro atoms. The van der Waals surface area contributed by atoms with Gasteiger partial charge < -0.3 is 10.2 Å². The fraction of sp³-hybridized carbons (Fsp3) is 0.150. The van der Waals surface area contributed by atoms with E-state index in [2.05, 4.69) is 15.0 Å². The highest BCUT2D eigenvalue weighted by Gasteiger charge is 2.55. The molecule has 4 rings (SSSR count). The predicted octanol–water partition coefficient (Wildman–Crippen LogP) is 4.56. The molecular formula is C20H11F6N3O2. The molecule has 0 aliphatic carbocycles. The molecular weight excluding hydrogens is 428 g/mol. The summed E-state index contributed by atoms with van der Waals surface area (Å²) < 4.78 is 81.3. The quantitative estimate of drug-likeness (QED) is 0.272. The normalized spacial score (nSPS) is 13.2. The fourth-order valence-corrected chi connectivity index (χ4v) is 3.19. The Morgan fingerprint density at radius 3 is 2.03 bits per heavy atom. The second kappa shape index (κ2) is 6.86. The van der Waals surface area contributed by atoms with Gasteiger partial charge in [0.15, 0.2) is 11.5 Å². The first-order chi connectivity index (χ1) is 14.4. The number of rotatable bonds is 2. The number of benzene rings is 2. The third-order valence-electron chi connectivity index (χ3n) is 4.63. The lowest BCUT2D eigenvalue weighted by molar-refractivity contribution is -0.357. The summed E-state index contributed by atoms with van der Waals surface area (Å²) in [6, 6.07) is 10.4. The van der Waals surface area contributed by atoms with Crippen molar-refractivity contribution >= 4 is 21.8 Å². The SMILES string of the molecule is OC(O)(c1cc2c(C(F)(F)F)nc(-c3ccccc3)nc2c2ncccc12)C(F)(F)F. The van der Waals surface area contributed by atoms with Crippen molar-refractivity contribution < 1.29 is 36.6 Å².